The smallest absolute Gasteiger partial charge is 0.0416 e. The summed E-state index contributed by atoms with van der Waals surface area (Å²) in [5, 5.41) is 0. The minimum Gasteiger partial charge on any atom is -0.398 e. The van der Waals surface area contributed by atoms with Crippen molar-refractivity contribution < 1.29 is 0 Å². The highest BCUT2D eigenvalue weighted by molar-refractivity contribution is 5.65. The molecule has 0 fully saturated rings. The molecule has 0 spiro atoms. The third-order valence-corrected chi connectivity index (χ3v) is 2.77. The molecule has 0 aromatic heterocycles. The predicted octanol–water partition coefficient (Wildman–Crippen LogP) is 2.04. The minimum absolute atomic E-state index is 0.950. The van der Waals surface area contributed by atoms with Crippen LogP contribution in [0, 0.1) is 0 Å². The van der Waals surface area contributed by atoms with Gasteiger partial charge in [-0.2, -0.15) is 0 Å². The number of anilines is 2. The van der Waals surface area contributed by atoms with Crippen LogP contribution in [0.3, 0.4) is 0 Å². The lowest BCUT2D eigenvalue weighted by Crippen LogP contribution is -2.17. The van der Waals surface area contributed by atoms with Gasteiger partial charge in [0.25, 0.3) is 0 Å². The van der Waals surface area contributed by atoms with Crippen LogP contribution in [0.5, 0.6) is 0 Å². The molecule has 70 valence electrons. The number of nitrogens with two attached hydrogens (primary N) is 1. The summed E-state index contributed by atoms with van der Waals surface area (Å²) in [5.41, 5.74) is 9.55. The van der Waals surface area contributed by atoms with Crippen molar-refractivity contribution in [2.75, 3.05) is 24.2 Å². The molecule has 1 aromatic rings. The topological polar surface area (TPSA) is 29.3 Å². The fourth-order valence-corrected chi connectivity index (χ4v) is 1.99. The Morgan fingerprint density at radius 3 is 3.00 bits per heavy atom. The predicted molar refractivity (Wildman–Crippen MR) is 57.1 cm³/mol. The maximum atomic E-state index is 5.95. The van der Waals surface area contributed by atoms with E-state index in [4.69, 9.17) is 5.73 Å². The highest BCUT2D eigenvalue weighted by Gasteiger charge is 2.13. The van der Waals surface area contributed by atoms with E-state index < -0.39 is 0 Å². The van der Waals surface area contributed by atoms with Crippen molar-refractivity contribution >= 4 is 11.4 Å². The van der Waals surface area contributed by atoms with Crippen LogP contribution >= 0.6 is 0 Å². The van der Waals surface area contributed by atoms with Crippen LogP contribution in [-0.4, -0.2) is 13.6 Å². The molecule has 0 unspecified atom stereocenters. The van der Waals surface area contributed by atoms with E-state index in [0.717, 1.165) is 18.7 Å². The van der Waals surface area contributed by atoms with Gasteiger partial charge in [0.1, 0.15) is 0 Å². The van der Waals surface area contributed by atoms with Crippen LogP contribution in [0.15, 0.2) is 18.2 Å². The Morgan fingerprint density at radius 1 is 1.31 bits per heavy atom. The third-order valence-electron chi connectivity index (χ3n) is 2.77. The van der Waals surface area contributed by atoms with Crippen LogP contribution in [0.4, 0.5) is 11.4 Å². The lowest BCUT2D eigenvalue weighted by molar-refractivity contribution is 0.750. The van der Waals surface area contributed by atoms with Crippen molar-refractivity contribution in [3.8, 4) is 0 Å². The second kappa shape index (κ2) is 3.29. The van der Waals surface area contributed by atoms with Gasteiger partial charge >= 0.3 is 0 Å². The van der Waals surface area contributed by atoms with Crippen molar-refractivity contribution in [2.24, 2.45) is 0 Å². The Hall–Kier alpha value is -1.18. The molecule has 0 aliphatic carbocycles. The van der Waals surface area contributed by atoms with Crippen LogP contribution in [0.25, 0.3) is 0 Å². The van der Waals surface area contributed by atoms with Crippen molar-refractivity contribution in [3.63, 3.8) is 0 Å². The lowest BCUT2D eigenvalue weighted by Gasteiger charge is -2.19. The van der Waals surface area contributed by atoms with Gasteiger partial charge in [-0.1, -0.05) is 6.07 Å². The Balaban J connectivity index is 2.47. The van der Waals surface area contributed by atoms with Gasteiger partial charge in [0.2, 0.25) is 0 Å². The van der Waals surface area contributed by atoms with E-state index in [1.54, 1.807) is 0 Å². The second-order valence-electron chi connectivity index (χ2n) is 3.72. The summed E-state index contributed by atoms with van der Waals surface area (Å²) >= 11 is 0. The van der Waals surface area contributed by atoms with Crippen molar-refractivity contribution in [2.45, 2.75) is 19.3 Å². The molecule has 0 saturated carbocycles. The first-order valence-electron chi connectivity index (χ1n) is 4.87. The molecule has 1 heterocycles. The van der Waals surface area contributed by atoms with Crippen molar-refractivity contribution in [1.29, 1.82) is 0 Å². The average Bonchev–Trinajstić information content (AvgIpc) is 2.30. The number of hydrogen-bond acceptors (Lipinski definition) is 2. The largest absolute Gasteiger partial charge is 0.398 e. The Kier molecular flexibility index (Phi) is 2.13. The van der Waals surface area contributed by atoms with E-state index in [1.165, 1.54) is 24.1 Å². The summed E-state index contributed by atoms with van der Waals surface area (Å²) in [6.07, 6.45) is 3.66. The van der Waals surface area contributed by atoms with Gasteiger partial charge in [-0.15, -0.1) is 0 Å². The van der Waals surface area contributed by atoms with E-state index >= 15 is 0 Å². The number of fused-ring (bicyclic) bond motifs is 1. The van der Waals surface area contributed by atoms with Crippen LogP contribution in [0.2, 0.25) is 0 Å². The van der Waals surface area contributed by atoms with Gasteiger partial charge in [-0.05, 0) is 37.0 Å². The Morgan fingerprint density at radius 2 is 2.15 bits per heavy atom. The van der Waals surface area contributed by atoms with E-state index in [-0.39, 0.29) is 0 Å². The third kappa shape index (κ3) is 1.48. The van der Waals surface area contributed by atoms with Crippen LogP contribution in [-0.2, 0) is 6.42 Å². The molecule has 2 heteroatoms. The molecular formula is C11H16N2. The first-order chi connectivity index (χ1) is 6.29. The second-order valence-corrected chi connectivity index (χ2v) is 3.72. The SMILES string of the molecule is CN1CCCCc2c(N)cccc21. The molecule has 1 aliphatic rings. The molecule has 0 amide bonds. The van der Waals surface area contributed by atoms with E-state index in [0.29, 0.717) is 0 Å². The summed E-state index contributed by atoms with van der Waals surface area (Å²) in [6.45, 7) is 1.15. The van der Waals surface area contributed by atoms with Gasteiger partial charge in [0.15, 0.2) is 0 Å². The number of nitrogen functional groups attached to an aromatic ring is 1. The summed E-state index contributed by atoms with van der Waals surface area (Å²) in [4.78, 5) is 2.30. The molecule has 0 bridgehead atoms. The first-order valence-corrected chi connectivity index (χ1v) is 4.87. The minimum atomic E-state index is 0.950. The lowest BCUT2D eigenvalue weighted by atomic mass is 10.1. The summed E-state index contributed by atoms with van der Waals surface area (Å²) in [6, 6.07) is 6.20. The van der Waals surface area contributed by atoms with Crippen molar-refractivity contribution in [1.82, 2.24) is 0 Å². The summed E-state index contributed by atoms with van der Waals surface area (Å²) in [5.74, 6) is 0. The fourth-order valence-electron chi connectivity index (χ4n) is 1.99. The number of hydrogen-bond donors (Lipinski definition) is 1. The van der Waals surface area contributed by atoms with E-state index in [2.05, 4.69) is 18.0 Å². The molecule has 2 N–H and O–H groups in total. The first kappa shape index (κ1) is 8.42. The Bertz CT molecular complexity index is 307. The van der Waals surface area contributed by atoms with Crippen LogP contribution in [0.1, 0.15) is 18.4 Å². The maximum absolute atomic E-state index is 5.95. The van der Waals surface area contributed by atoms with Gasteiger partial charge in [-0.25, -0.2) is 0 Å². The zero-order valence-electron chi connectivity index (χ0n) is 8.09. The van der Waals surface area contributed by atoms with Gasteiger partial charge in [-0.3, -0.25) is 0 Å². The zero-order valence-corrected chi connectivity index (χ0v) is 8.09. The monoisotopic (exact) mass is 176 g/mol. The molecule has 13 heavy (non-hydrogen) atoms. The fraction of sp³-hybridized carbons (Fsp3) is 0.455. The number of benzene rings is 1. The number of nitrogens with zero attached hydrogens (tertiary/aromatic N) is 1. The maximum Gasteiger partial charge on any atom is 0.0416 e. The zero-order chi connectivity index (χ0) is 9.26. The summed E-state index contributed by atoms with van der Waals surface area (Å²) in [7, 11) is 2.14. The molecule has 2 nitrogen and oxygen atoms in total. The molecule has 0 radical (unpaired) electrons. The molecule has 0 saturated heterocycles. The summed E-state index contributed by atoms with van der Waals surface area (Å²) < 4.78 is 0. The van der Waals surface area contributed by atoms with Gasteiger partial charge in [0, 0.05) is 25.0 Å². The van der Waals surface area contributed by atoms with E-state index in [9.17, 15) is 0 Å². The number of rotatable bonds is 0. The molecule has 1 aromatic carbocycles. The highest BCUT2D eigenvalue weighted by Crippen LogP contribution is 2.29. The average molecular weight is 176 g/mol. The molecular weight excluding hydrogens is 160 g/mol. The molecule has 0 atom stereocenters. The van der Waals surface area contributed by atoms with Crippen LogP contribution < -0.4 is 10.6 Å². The Labute approximate surface area is 79.4 Å². The van der Waals surface area contributed by atoms with Gasteiger partial charge < -0.3 is 10.6 Å². The standard InChI is InChI=1S/C11H16N2/c1-13-8-3-2-5-9-10(12)6-4-7-11(9)13/h4,6-7H,2-3,5,8,12H2,1H3. The quantitative estimate of drug-likeness (QED) is 0.613. The van der Waals surface area contributed by atoms with Crippen molar-refractivity contribution in [3.05, 3.63) is 23.8 Å². The van der Waals surface area contributed by atoms with Gasteiger partial charge in [0.05, 0.1) is 0 Å². The van der Waals surface area contributed by atoms with E-state index in [1.807, 2.05) is 12.1 Å². The highest BCUT2D eigenvalue weighted by atomic mass is 15.1. The normalized spacial score (nSPS) is 16.5. The molecule has 2 rings (SSSR count). The molecule has 1 aliphatic heterocycles.